The third-order valence-corrected chi connectivity index (χ3v) is 3.45. The van der Waals surface area contributed by atoms with Crippen LogP contribution in [0.5, 0.6) is 0 Å². The van der Waals surface area contributed by atoms with Crippen molar-refractivity contribution < 1.29 is 9.47 Å². The van der Waals surface area contributed by atoms with Gasteiger partial charge in [-0.3, -0.25) is 0 Å². The Labute approximate surface area is 131 Å². The first-order valence-corrected chi connectivity index (χ1v) is 8.37. The minimum absolute atomic E-state index is 0.669. The van der Waals surface area contributed by atoms with E-state index in [1.54, 1.807) is 26.0 Å². The van der Waals surface area contributed by atoms with Gasteiger partial charge in [-0.25, -0.2) is 9.97 Å². The first-order chi connectivity index (χ1) is 10.2. The molecule has 7 heteroatoms. The molecule has 0 saturated carbocycles. The first kappa shape index (κ1) is 18.0. The molecule has 0 aromatic carbocycles. The lowest BCUT2D eigenvalue weighted by Gasteiger charge is -2.24. The van der Waals surface area contributed by atoms with Gasteiger partial charge in [-0.05, 0) is 19.6 Å². The summed E-state index contributed by atoms with van der Waals surface area (Å²) in [7, 11) is 3.43. The topological polar surface area (TPSA) is 59.5 Å². The molecule has 1 aromatic heterocycles. The van der Waals surface area contributed by atoms with Crippen molar-refractivity contribution in [2.45, 2.75) is 18.5 Å². The summed E-state index contributed by atoms with van der Waals surface area (Å²) in [5, 5.41) is 4.03. The molecule has 0 saturated heterocycles. The smallest absolute Gasteiger partial charge is 0.191 e. The van der Waals surface area contributed by atoms with Gasteiger partial charge >= 0.3 is 0 Å². The molecule has 0 bridgehead atoms. The average Bonchev–Trinajstić information content (AvgIpc) is 2.50. The molecule has 1 aromatic rings. The Balaban J connectivity index is 2.89. The number of thioether (sulfide) groups is 1. The number of hydrogen-bond acceptors (Lipinski definition) is 7. The van der Waals surface area contributed by atoms with Gasteiger partial charge in [0, 0.05) is 46.5 Å². The van der Waals surface area contributed by atoms with Crippen molar-refractivity contribution in [3.63, 3.8) is 0 Å². The van der Waals surface area contributed by atoms with E-state index < -0.39 is 0 Å². The van der Waals surface area contributed by atoms with Crippen LogP contribution < -0.4 is 10.2 Å². The highest BCUT2D eigenvalue weighted by Gasteiger charge is 2.11. The zero-order valence-electron chi connectivity index (χ0n) is 13.4. The van der Waals surface area contributed by atoms with Gasteiger partial charge in [-0.15, -0.1) is 0 Å². The van der Waals surface area contributed by atoms with Crippen molar-refractivity contribution in [2.75, 3.05) is 63.5 Å². The predicted molar refractivity (Wildman–Crippen MR) is 88.6 cm³/mol. The third kappa shape index (κ3) is 6.50. The highest BCUT2D eigenvalue weighted by atomic mass is 32.2. The molecule has 0 radical (unpaired) electrons. The van der Waals surface area contributed by atoms with Crippen LogP contribution in [0.4, 0.5) is 11.6 Å². The molecule has 0 spiro atoms. The molecule has 0 amide bonds. The number of rotatable bonds is 11. The van der Waals surface area contributed by atoms with Crippen LogP contribution in [-0.4, -0.2) is 63.3 Å². The molecular formula is C14H26N4O2S. The Kier molecular flexibility index (Phi) is 9.12. The number of anilines is 2. The van der Waals surface area contributed by atoms with Crippen molar-refractivity contribution in [1.29, 1.82) is 0 Å². The van der Waals surface area contributed by atoms with Crippen LogP contribution in [0.15, 0.2) is 11.2 Å². The molecule has 6 nitrogen and oxygen atoms in total. The molecule has 120 valence electrons. The Morgan fingerprint density at radius 3 is 2.57 bits per heavy atom. The van der Waals surface area contributed by atoms with Crippen molar-refractivity contribution in [3.8, 4) is 0 Å². The summed E-state index contributed by atoms with van der Waals surface area (Å²) >= 11 is 1.55. The van der Waals surface area contributed by atoms with Gasteiger partial charge in [0.1, 0.15) is 11.6 Å². The Bertz CT molecular complexity index is 407. The highest BCUT2D eigenvalue weighted by Crippen LogP contribution is 2.20. The number of nitrogens with one attached hydrogen (secondary N) is 1. The normalized spacial score (nSPS) is 10.7. The Morgan fingerprint density at radius 1 is 1.19 bits per heavy atom. The summed E-state index contributed by atoms with van der Waals surface area (Å²) in [6.07, 6.45) is 2.94. The Hall–Kier alpha value is -1.05. The van der Waals surface area contributed by atoms with E-state index in [9.17, 15) is 0 Å². The fourth-order valence-electron chi connectivity index (χ4n) is 1.88. The van der Waals surface area contributed by atoms with Crippen molar-refractivity contribution in [2.24, 2.45) is 0 Å². The predicted octanol–water partition coefficient (Wildman–Crippen LogP) is 2.12. The van der Waals surface area contributed by atoms with Crippen LogP contribution in [0.1, 0.15) is 13.3 Å². The largest absolute Gasteiger partial charge is 0.385 e. The number of methoxy groups -OCH3 is 2. The van der Waals surface area contributed by atoms with E-state index >= 15 is 0 Å². The van der Waals surface area contributed by atoms with E-state index in [0.29, 0.717) is 6.61 Å². The minimum Gasteiger partial charge on any atom is -0.385 e. The van der Waals surface area contributed by atoms with Gasteiger partial charge in [0.25, 0.3) is 0 Å². The average molecular weight is 314 g/mol. The molecular weight excluding hydrogens is 288 g/mol. The van der Waals surface area contributed by atoms with Crippen LogP contribution >= 0.6 is 11.8 Å². The molecule has 0 unspecified atom stereocenters. The van der Waals surface area contributed by atoms with Crippen LogP contribution in [0.25, 0.3) is 0 Å². The second-order valence-electron chi connectivity index (χ2n) is 4.45. The summed E-state index contributed by atoms with van der Waals surface area (Å²) in [6.45, 7) is 5.99. The van der Waals surface area contributed by atoms with Gasteiger partial charge in [0.2, 0.25) is 0 Å². The Morgan fingerprint density at radius 2 is 1.95 bits per heavy atom. The van der Waals surface area contributed by atoms with Crippen molar-refractivity contribution in [1.82, 2.24) is 9.97 Å². The van der Waals surface area contributed by atoms with E-state index in [-0.39, 0.29) is 0 Å². The molecule has 1 heterocycles. The van der Waals surface area contributed by atoms with E-state index in [1.165, 1.54) is 0 Å². The SMILES string of the molecule is CCNc1cc(N(CCCOC)CCOC)nc(SC)n1. The zero-order valence-corrected chi connectivity index (χ0v) is 14.2. The molecule has 0 fully saturated rings. The summed E-state index contributed by atoms with van der Waals surface area (Å²) < 4.78 is 10.3. The first-order valence-electron chi connectivity index (χ1n) is 7.14. The lowest BCUT2D eigenvalue weighted by atomic mass is 10.3. The van der Waals surface area contributed by atoms with Gasteiger partial charge < -0.3 is 19.7 Å². The van der Waals surface area contributed by atoms with Crippen molar-refractivity contribution >= 4 is 23.4 Å². The quantitative estimate of drug-likeness (QED) is 0.381. The standard InChI is InChI=1S/C14H26N4O2S/c1-5-15-12-11-13(17-14(16-12)21-4)18(8-10-20-3)7-6-9-19-2/h11H,5-10H2,1-4H3,(H,15,16,17). The highest BCUT2D eigenvalue weighted by molar-refractivity contribution is 7.98. The molecule has 0 atom stereocenters. The monoisotopic (exact) mass is 314 g/mol. The maximum absolute atomic E-state index is 5.20. The maximum Gasteiger partial charge on any atom is 0.191 e. The molecule has 0 aliphatic carbocycles. The van der Waals surface area contributed by atoms with Crippen LogP contribution in [0.2, 0.25) is 0 Å². The second-order valence-corrected chi connectivity index (χ2v) is 5.23. The zero-order chi connectivity index (χ0) is 15.5. The summed E-state index contributed by atoms with van der Waals surface area (Å²) in [6, 6.07) is 1.99. The van der Waals surface area contributed by atoms with Crippen LogP contribution in [0, 0.1) is 0 Å². The summed E-state index contributed by atoms with van der Waals surface area (Å²) in [4.78, 5) is 11.3. The minimum atomic E-state index is 0.669. The molecule has 1 N–H and O–H groups in total. The second kappa shape index (κ2) is 10.6. The molecule has 1 rings (SSSR count). The van der Waals surface area contributed by atoms with Gasteiger partial charge in [0.15, 0.2) is 5.16 Å². The number of aromatic nitrogens is 2. The maximum atomic E-state index is 5.20. The molecule has 0 aliphatic rings. The molecule has 0 aliphatic heterocycles. The number of nitrogens with zero attached hydrogens (tertiary/aromatic N) is 3. The number of hydrogen-bond donors (Lipinski definition) is 1. The van der Waals surface area contributed by atoms with Gasteiger partial charge in [0.05, 0.1) is 6.61 Å². The van der Waals surface area contributed by atoms with E-state index in [4.69, 9.17) is 9.47 Å². The summed E-state index contributed by atoms with van der Waals surface area (Å²) in [5.74, 6) is 1.79. The van der Waals surface area contributed by atoms with Crippen LogP contribution in [-0.2, 0) is 9.47 Å². The van der Waals surface area contributed by atoms with Gasteiger partial charge in [-0.1, -0.05) is 11.8 Å². The van der Waals surface area contributed by atoms with Crippen molar-refractivity contribution in [3.05, 3.63) is 6.07 Å². The fraction of sp³-hybridized carbons (Fsp3) is 0.714. The van der Waals surface area contributed by atoms with E-state index in [1.807, 2.05) is 12.3 Å². The van der Waals surface area contributed by atoms with Crippen LogP contribution in [0.3, 0.4) is 0 Å². The lowest BCUT2D eigenvalue weighted by Crippen LogP contribution is -2.30. The van der Waals surface area contributed by atoms with E-state index in [0.717, 1.165) is 49.5 Å². The number of ether oxygens (including phenoxy) is 2. The molecule has 21 heavy (non-hydrogen) atoms. The van der Waals surface area contributed by atoms with Gasteiger partial charge in [-0.2, -0.15) is 0 Å². The summed E-state index contributed by atoms with van der Waals surface area (Å²) in [5.41, 5.74) is 0. The van der Waals surface area contributed by atoms with E-state index in [2.05, 4.69) is 27.1 Å². The fourth-order valence-corrected chi connectivity index (χ4v) is 2.25. The lowest BCUT2D eigenvalue weighted by molar-refractivity contribution is 0.191. The third-order valence-electron chi connectivity index (χ3n) is 2.90.